The summed E-state index contributed by atoms with van der Waals surface area (Å²) in [6.45, 7) is 5.50. The van der Waals surface area contributed by atoms with E-state index in [1.54, 1.807) is 0 Å². The number of amides is 1. The normalized spacial score (nSPS) is 12.4. The first kappa shape index (κ1) is 15.8. The molecule has 0 radical (unpaired) electrons. The Kier molecular flexibility index (Phi) is 4.50. The molecule has 1 amide bonds. The van der Waals surface area contributed by atoms with E-state index in [9.17, 15) is 18.0 Å². The average molecular weight is 294 g/mol. The van der Waals surface area contributed by atoms with Crippen molar-refractivity contribution in [2.24, 2.45) is 5.41 Å². The lowest BCUT2D eigenvalue weighted by atomic mass is 9.92. The molecule has 0 spiro atoms. The van der Waals surface area contributed by atoms with Crippen LogP contribution in [0.1, 0.15) is 32.8 Å². The van der Waals surface area contributed by atoms with Crippen molar-refractivity contribution in [3.05, 3.63) is 28.8 Å². The van der Waals surface area contributed by atoms with Gasteiger partial charge < -0.3 is 5.32 Å². The highest BCUT2D eigenvalue weighted by atomic mass is 35.5. The Morgan fingerprint density at radius 1 is 1.26 bits per heavy atom. The van der Waals surface area contributed by atoms with Crippen LogP contribution in [0, 0.1) is 5.41 Å². The van der Waals surface area contributed by atoms with Gasteiger partial charge in [-0.25, -0.2) is 0 Å². The van der Waals surface area contributed by atoms with Crippen LogP contribution in [-0.2, 0) is 11.0 Å². The van der Waals surface area contributed by atoms with Crippen molar-refractivity contribution in [2.45, 2.75) is 33.4 Å². The summed E-state index contributed by atoms with van der Waals surface area (Å²) in [5.41, 5.74) is -1.51. The predicted molar refractivity (Wildman–Crippen MR) is 69.2 cm³/mol. The van der Waals surface area contributed by atoms with Crippen molar-refractivity contribution in [1.82, 2.24) is 0 Å². The number of rotatable bonds is 2. The summed E-state index contributed by atoms with van der Waals surface area (Å²) >= 11 is 5.55. The van der Waals surface area contributed by atoms with Gasteiger partial charge in [-0.1, -0.05) is 32.4 Å². The number of hydrogen-bond acceptors (Lipinski definition) is 1. The summed E-state index contributed by atoms with van der Waals surface area (Å²) < 4.78 is 38.4. The first-order valence-electron chi connectivity index (χ1n) is 5.66. The van der Waals surface area contributed by atoms with Crippen molar-refractivity contribution in [2.75, 3.05) is 5.32 Å². The molecule has 1 aromatic rings. The Morgan fingerprint density at radius 2 is 1.84 bits per heavy atom. The van der Waals surface area contributed by atoms with E-state index in [1.165, 1.54) is 6.07 Å². The van der Waals surface area contributed by atoms with Crippen LogP contribution in [0.25, 0.3) is 0 Å². The molecule has 0 bridgehead atoms. The topological polar surface area (TPSA) is 29.1 Å². The Hall–Kier alpha value is -1.23. The van der Waals surface area contributed by atoms with Crippen LogP contribution in [0.5, 0.6) is 0 Å². The second kappa shape index (κ2) is 5.41. The van der Waals surface area contributed by atoms with E-state index in [-0.39, 0.29) is 22.5 Å². The Labute approximate surface area is 114 Å². The minimum atomic E-state index is -4.56. The summed E-state index contributed by atoms with van der Waals surface area (Å²) in [4.78, 5) is 11.7. The number of anilines is 1. The molecule has 2 nitrogen and oxygen atoms in total. The number of nitrogens with one attached hydrogen (secondary N) is 1. The molecular weight excluding hydrogens is 279 g/mol. The number of hydrogen-bond donors (Lipinski definition) is 1. The largest absolute Gasteiger partial charge is 0.418 e. The van der Waals surface area contributed by atoms with Crippen molar-refractivity contribution < 1.29 is 18.0 Å². The van der Waals surface area contributed by atoms with Gasteiger partial charge in [0.15, 0.2) is 0 Å². The molecule has 106 valence electrons. The molecule has 0 saturated carbocycles. The third kappa shape index (κ3) is 5.11. The molecule has 0 aromatic heterocycles. The molecule has 0 aliphatic carbocycles. The molecular formula is C13H15ClF3NO. The maximum Gasteiger partial charge on any atom is 0.418 e. The molecule has 1 rings (SSSR count). The first-order chi connectivity index (χ1) is 8.49. The summed E-state index contributed by atoms with van der Waals surface area (Å²) in [7, 11) is 0. The SMILES string of the molecule is CC(C)(C)CC(=O)Nc1ccc(Cl)cc1C(F)(F)F. The van der Waals surface area contributed by atoms with Crippen LogP contribution in [0.4, 0.5) is 18.9 Å². The standard InChI is InChI=1S/C13H15ClF3NO/c1-12(2,3)7-11(19)18-10-5-4-8(14)6-9(10)13(15,16)17/h4-6H,7H2,1-3H3,(H,18,19). The van der Waals surface area contributed by atoms with Gasteiger partial charge in [-0.05, 0) is 23.6 Å². The van der Waals surface area contributed by atoms with Gasteiger partial charge in [0.25, 0.3) is 0 Å². The lowest BCUT2D eigenvalue weighted by molar-refractivity contribution is -0.137. The third-order valence-corrected chi connectivity index (χ3v) is 2.49. The van der Waals surface area contributed by atoms with E-state index in [4.69, 9.17) is 11.6 Å². The van der Waals surface area contributed by atoms with Gasteiger partial charge in [0.05, 0.1) is 11.3 Å². The zero-order chi connectivity index (χ0) is 14.8. The number of benzene rings is 1. The molecule has 19 heavy (non-hydrogen) atoms. The number of carbonyl (C=O) groups is 1. The molecule has 0 unspecified atom stereocenters. The molecule has 0 aliphatic rings. The van der Waals surface area contributed by atoms with E-state index in [1.807, 2.05) is 20.8 Å². The highest BCUT2D eigenvalue weighted by Crippen LogP contribution is 2.36. The molecule has 0 saturated heterocycles. The highest BCUT2D eigenvalue weighted by molar-refractivity contribution is 6.30. The maximum absolute atomic E-state index is 12.8. The molecule has 0 atom stereocenters. The van der Waals surface area contributed by atoms with Gasteiger partial charge >= 0.3 is 6.18 Å². The second-order valence-electron chi connectivity index (χ2n) is 5.47. The van der Waals surface area contributed by atoms with Crippen molar-refractivity contribution in [1.29, 1.82) is 0 Å². The fraction of sp³-hybridized carbons (Fsp3) is 0.462. The number of carbonyl (C=O) groups excluding carboxylic acids is 1. The Bertz CT molecular complexity index is 478. The minimum Gasteiger partial charge on any atom is -0.325 e. The predicted octanol–water partition coefficient (Wildman–Crippen LogP) is 4.73. The highest BCUT2D eigenvalue weighted by Gasteiger charge is 2.34. The molecule has 0 fully saturated rings. The summed E-state index contributed by atoms with van der Waals surface area (Å²) in [5.74, 6) is -0.458. The zero-order valence-electron chi connectivity index (χ0n) is 10.9. The minimum absolute atomic E-state index is 0.0267. The number of halogens is 4. The smallest absolute Gasteiger partial charge is 0.325 e. The Balaban J connectivity index is 2.99. The van der Waals surface area contributed by atoms with Crippen LogP contribution in [-0.4, -0.2) is 5.91 Å². The second-order valence-corrected chi connectivity index (χ2v) is 5.91. The molecule has 1 aromatic carbocycles. The molecule has 0 heterocycles. The number of alkyl halides is 3. The lowest BCUT2D eigenvalue weighted by Gasteiger charge is -2.19. The van der Waals surface area contributed by atoms with Crippen LogP contribution < -0.4 is 5.32 Å². The monoisotopic (exact) mass is 293 g/mol. The lowest BCUT2D eigenvalue weighted by Crippen LogP contribution is -2.21. The van der Waals surface area contributed by atoms with E-state index in [0.29, 0.717) is 0 Å². The van der Waals surface area contributed by atoms with Gasteiger partial charge in [0.1, 0.15) is 0 Å². The summed E-state index contributed by atoms with van der Waals surface area (Å²) in [5, 5.41) is 2.26. The quantitative estimate of drug-likeness (QED) is 0.839. The fourth-order valence-electron chi connectivity index (χ4n) is 1.54. The van der Waals surface area contributed by atoms with Crippen molar-refractivity contribution >= 4 is 23.2 Å². The van der Waals surface area contributed by atoms with Crippen molar-refractivity contribution in [3.8, 4) is 0 Å². The third-order valence-electron chi connectivity index (χ3n) is 2.25. The average Bonchev–Trinajstić information content (AvgIpc) is 2.16. The van der Waals surface area contributed by atoms with Crippen LogP contribution in [0.15, 0.2) is 18.2 Å². The van der Waals surface area contributed by atoms with E-state index >= 15 is 0 Å². The van der Waals surface area contributed by atoms with Gasteiger partial charge in [0, 0.05) is 11.4 Å². The summed E-state index contributed by atoms with van der Waals surface area (Å²) in [6.07, 6.45) is -4.43. The maximum atomic E-state index is 12.8. The molecule has 1 N–H and O–H groups in total. The van der Waals surface area contributed by atoms with Crippen LogP contribution in [0.3, 0.4) is 0 Å². The van der Waals surface area contributed by atoms with Crippen LogP contribution in [0.2, 0.25) is 5.02 Å². The van der Waals surface area contributed by atoms with Crippen LogP contribution >= 0.6 is 11.6 Å². The van der Waals surface area contributed by atoms with Crippen molar-refractivity contribution in [3.63, 3.8) is 0 Å². The Morgan fingerprint density at radius 3 is 2.32 bits per heavy atom. The van der Waals surface area contributed by atoms with Gasteiger partial charge in [0.2, 0.25) is 5.91 Å². The van der Waals surface area contributed by atoms with Gasteiger partial charge in [-0.15, -0.1) is 0 Å². The fourth-order valence-corrected chi connectivity index (χ4v) is 1.71. The van der Waals surface area contributed by atoms with E-state index < -0.39 is 17.6 Å². The van der Waals surface area contributed by atoms with E-state index in [0.717, 1.165) is 12.1 Å². The summed E-state index contributed by atoms with van der Waals surface area (Å²) in [6, 6.07) is 3.27. The zero-order valence-corrected chi connectivity index (χ0v) is 11.6. The first-order valence-corrected chi connectivity index (χ1v) is 6.03. The van der Waals surface area contributed by atoms with Gasteiger partial charge in [-0.3, -0.25) is 4.79 Å². The van der Waals surface area contributed by atoms with Gasteiger partial charge in [-0.2, -0.15) is 13.2 Å². The molecule has 6 heteroatoms. The molecule has 0 aliphatic heterocycles. The van der Waals surface area contributed by atoms with E-state index in [2.05, 4.69) is 5.32 Å².